The first kappa shape index (κ1) is 20.5. The van der Waals surface area contributed by atoms with E-state index in [1.165, 1.54) is 30.8 Å². The van der Waals surface area contributed by atoms with Crippen molar-refractivity contribution in [2.75, 3.05) is 12.3 Å². The van der Waals surface area contributed by atoms with Gasteiger partial charge in [-0.2, -0.15) is 0 Å². The third-order valence-electron chi connectivity index (χ3n) is 4.11. The monoisotopic (exact) mass is 434 g/mol. The van der Waals surface area contributed by atoms with Gasteiger partial charge in [-0.3, -0.25) is 18.7 Å². The molecule has 2 aromatic heterocycles. The first-order chi connectivity index (χ1) is 13.7. The number of hydrogen-bond donors (Lipinski definition) is 1. The first-order valence-corrected chi connectivity index (χ1v) is 9.43. The van der Waals surface area contributed by atoms with Gasteiger partial charge in [0, 0.05) is 30.1 Å². The summed E-state index contributed by atoms with van der Waals surface area (Å²) in [6.45, 7) is -0.722. The Labute approximate surface area is 172 Å². The van der Waals surface area contributed by atoms with Gasteiger partial charge in [-0.1, -0.05) is 23.7 Å². The normalized spacial score (nSPS) is 10.7. The number of nitrogens with two attached hydrogens (primary N) is 1. The van der Waals surface area contributed by atoms with Gasteiger partial charge >= 0.3 is 11.7 Å². The molecule has 0 saturated heterocycles. The maximum Gasteiger partial charge on any atom is 0.358 e. The average Bonchev–Trinajstić information content (AvgIpc) is 3.19. The fourth-order valence-electron chi connectivity index (χ4n) is 2.52. The minimum absolute atomic E-state index is 0.0131. The van der Waals surface area contributed by atoms with Crippen LogP contribution in [0.2, 0.25) is 5.02 Å². The number of benzene rings is 1. The van der Waals surface area contributed by atoms with Crippen LogP contribution in [0.25, 0.3) is 10.6 Å². The smallest absolute Gasteiger partial charge is 0.358 e. The molecule has 3 aromatic rings. The van der Waals surface area contributed by atoms with Gasteiger partial charge in [0.2, 0.25) is 5.78 Å². The molecule has 9 nitrogen and oxygen atoms in total. The molecule has 0 fully saturated rings. The maximum atomic E-state index is 12.4. The number of ether oxygens (including phenoxy) is 1. The SMILES string of the molecule is Cn1c(N)c(C(=O)COC(=O)c2csc(-c3cccc(Cl)c3)n2)c(=O)n(C)c1=O. The summed E-state index contributed by atoms with van der Waals surface area (Å²) in [5.74, 6) is -1.95. The number of thiazole rings is 1. The third kappa shape index (κ3) is 3.98. The molecule has 0 aliphatic carbocycles. The summed E-state index contributed by atoms with van der Waals surface area (Å²) in [5.41, 5.74) is 4.52. The fourth-order valence-corrected chi connectivity index (χ4v) is 3.50. The lowest BCUT2D eigenvalue weighted by atomic mass is 10.2. The van der Waals surface area contributed by atoms with E-state index in [-0.39, 0.29) is 11.5 Å². The average molecular weight is 435 g/mol. The van der Waals surface area contributed by atoms with Crippen LogP contribution in [0.1, 0.15) is 20.8 Å². The second-order valence-electron chi connectivity index (χ2n) is 6.01. The molecule has 0 amide bonds. The molecule has 0 radical (unpaired) electrons. The summed E-state index contributed by atoms with van der Waals surface area (Å²) in [7, 11) is 2.55. The Kier molecular flexibility index (Phi) is 5.66. The molecule has 0 spiro atoms. The summed E-state index contributed by atoms with van der Waals surface area (Å²) in [5, 5.41) is 2.58. The highest BCUT2D eigenvalue weighted by Crippen LogP contribution is 2.26. The Morgan fingerprint density at radius 1 is 1.24 bits per heavy atom. The summed E-state index contributed by atoms with van der Waals surface area (Å²) in [6.07, 6.45) is 0. The summed E-state index contributed by atoms with van der Waals surface area (Å²) in [4.78, 5) is 52.8. The standard InChI is InChI=1S/C18H15ClN4O5S/c1-22-14(20)13(16(25)23(2)18(22)27)12(24)7-28-17(26)11-8-29-15(21-11)9-4-3-5-10(19)6-9/h3-6,8H,7,20H2,1-2H3. The molecule has 0 aliphatic heterocycles. The Balaban J connectivity index is 1.76. The summed E-state index contributed by atoms with van der Waals surface area (Å²) in [6, 6.07) is 6.97. The highest BCUT2D eigenvalue weighted by molar-refractivity contribution is 7.13. The quantitative estimate of drug-likeness (QED) is 0.476. The molecule has 0 atom stereocenters. The van der Waals surface area contributed by atoms with Crippen LogP contribution in [0.4, 0.5) is 5.82 Å². The van der Waals surface area contributed by atoms with Crippen molar-refractivity contribution in [1.29, 1.82) is 0 Å². The van der Waals surface area contributed by atoms with Gasteiger partial charge in [-0.15, -0.1) is 11.3 Å². The third-order valence-corrected chi connectivity index (χ3v) is 5.23. The molecule has 0 aliphatic rings. The van der Waals surface area contributed by atoms with Gasteiger partial charge < -0.3 is 10.5 Å². The Morgan fingerprint density at radius 2 is 1.97 bits per heavy atom. The van der Waals surface area contributed by atoms with Gasteiger partial charge in [0.15, 0.2) is 12.3 Å². The van der Waals surface area contributed by atoms with Crippen molar-refractivity contribution in [3.05, 3.63) is 66.8 Å². The fraction of sp³-hybridized carbons (Fsp3) is 0.167. The van der Waals surface area contributed by atoms with Crippen molar-refractivity contribution in [1.82, 2.24) is 14.1 Å². The van der Waals surface area contributed by atoms with Crippen LogP contribution >= 0.6 is 22.9 Å². The molecular formula is C18H15ClN4O5S. The zero-order valence-electron chi connectivity index (χ0n) is 15.3. The first-order valence-electron chi connectivity index (χ1n) is 8.18. The van der Waals surface area contributed by atoms with Gasteiger partial charge in [-0.05, 0) is 12.1 Å². The molecular weight excluding hydrogens is 420 g/mol. The molecule has 0 unspecified atom stereocenters. The second-order valence-corrected chi connectivity index (χ2v) is 7.31. The van der Waals surface area contributed by atoms with Crippen molar-refractivity contribution in [3.63, 3.8) is 0 Å². The minimum Gasteiger partial charge on any atom is -0.453 e. The van der Waals surface area contributed by atoms with Crippen LogP contribution in [0.3, 0.4) is 0 Å². The molecule has 1 aromatic carbocycles. The number of Topliss-reactive ketones (excluding diaryl/α,β-unsaturated/α-hetero) is 1. The van der Waals surface area contributed by atoms with E-state index in [0.717, 1.165) is 14.7 Å². The molecule has 2 heterocycles. The van der Waals surface area contributed by atoms with E-state index in [4.69, 9.17) is 22.1 Å². The number of carbonyl (C=O) groups excluding carboxylic acids is 2. The lowest BCUT2D eigenvalue weighted by Crippen LogP contribution is -2.42. The predicted molar refractivity (Wildman–Crippen MR) is 109 cm³/mol. The Morgan fingerprint density at radius 3 is 2.66 bits per heavy atom. The highest BCUT2D eigenvalue weighted by atomic mass is 35.5. The number of rotatable bonds is 5. The number of halogens is 1. The predicted octanol–water partition coefficient (Wildman–Crippen LogP) is 1.48. The van der Waals surface area contributed by atoms with Crippen LogP contribution < -0.4 is 17.0 Å². The van der Waals surface area contributed by atoms with E-state index >= 15 is 0 Å². The van der Waals surface area contributed by atoms with Crippen LogP contribution in [-0.4, -0.2) is 32.5 Å². The Hall–Kier alpha value is -3.24. The van der Waals surface area contributed by atoms with Gasteiger partial charge in [0.05, 0.1) is 0 Å². The van der Waals surface area contributed by atoms with Crippen LogP contribution in [0.5, 0.6) is 0 Å². The van der Waals surface area contributed by atoms with Crippen LogP contribution in [-0.2, 0) is 18.8 Å². The number of hydrogen-bond acceptors (Lipinski definition) is 8. The van der Waals surface area contributed by atoms with Crippen molar-refractivity contribution < 1.29 is 14.3 Å². The van der Waals surface area contributed by atoms with E-state index in [1.807, 2.05) is 0 Å². The van der Waals surface area contributed by atoms with Gasteiger partial charge in [0.1, 0.15) is 16.4 Å². The maximum absolute atomic E-state index is 12.4. The molecule has 150 valence electrons. The zero-order valence-corrected chi connectivity index (χ0v) is 16.9. The van der Waals surface area contributed by atoms with Gasteiger partial charge in [0.25, 0.3) is 5.56 Å². The minimum atomic E-state index is -0.858. The van der Waals surface area contributed by atoms with Gasteiger partial charge in [-0.25, -0.2) is 14.6 Å². The molecule has 29 heavy (non-hydrogen) atoms. The number of nitrogens with zero attached hydrogens (tertiary/aromatic N) is 3. The van der Waals surface area contributed by atoms with E-state index in [9.17, 15) is 19.2 Å². The van der Waals surface area contributed by atoms with Crippen molar-refractivity contribution in [3.8, 4) is 10.6 Å². The van der Waals surface area contributed by atoms with Crippen LogP contribution in [0.15, 0.2) is 39.2 Å². The number of ketones is 1. The summed E-state index contributed by atoms with van der Waals surface area (Å²) >= 11 is 7.17. The summed E-state index contributed by atoms with van der Waals surface area (Å²) < 4.78 is 6.70. The van der Waals surface area contributed by atoms with E-state index in [2.05, 4.69) is 4.98 Å². The largest absolute Gasteiger partial charge is 0.453 e. The topological polar surface area (TPSA) is 126 Å². The lowest BCUT2D eigenvalue weighted by Gasteiger charge is -2.10. The number of esters is 1. The van der Waals surface area contributed by atoms with Crippen molar-refractivity contribution in [2.45, 2.75) is 0 Å². The molecule has 3 rings (SSSR count). The van der Waals surface area contributed by atoms with Crippen molar-refractivity contribution in [2.24, 2.45) is 14.1 Å². The number of carbonyl (C=O) groups is 2. The van der Waals surface area contributed by atoms with Crippen LogP contribution in [0, 0.1) is 0 Å². The van der Waals surface area contributed by atoms with E-state index in [1.54, 1.807) is 24.3 Å². The number of nitrogen functional groups attached to an aromatic ring is 1. The van der Waals surface area contributed by atoms with Crippen molar-refractivity contribution >= 4 is 40.5 Å². The van der Waals surface area contributed by atoms with E-state index < -0.39 is 35.2 Å². The lowest BCUT2D eigenvalue weighted by molar-refractivity contribution is 0.0469. The molecule has 0 saturated carbocycles. The number of aromatic nitrogens is 3. The number of anilines is 1. The molecule has 2 N–H and O–H groups in total. The Bertz CT molecular complexity index is 1240. The molecule has 0 bridgehead atoms. The zero-order chi connectivity index (χ0) is 21.3. The molecule has 11 heteroatoms. The highest BCUT2D eigenvalue weighted by Gasteiger charge is 2.22. The van der Waals surface area contributed by atoms with E-state index in [0.29, 0.717) is 10.0 Å². The second kappa shape index (κ2) is 8.02.